The molecule has 2 fully saturated rings. The summed E-state index contributed by atoms with van der Waals surface area (Å²) >= 11 is 0. The van der Waals surface area contributed by atoms with Crippen molar-refractivity contribution in [3.8, 4) is 29.4 Å². The van der Waals surface area contributed by atoms with Crippen LogP contribution in [0.2, 0.25) is 0 Å². The Morgan fingerprint density at radius 3 is 2.25 bits per heavy atom. The molecular formula is C29H36N4O3. The molecule has 0 spiro atoms. The first kappa shape index (κ1) is 25.8. The molecule has 0 radical (unpaired) electrons. The lowest BCUT2D eigenvalue weighted by Gasteiger charge is -2.46. The van der Waals surface area contributed by atoms with Gasteiger partial charge in [0.05, 0.1) is 38.0 Å². The minimum absolute atomic E-state index is 0.00348. The number of hydrogen-bond donors (Lipinski definition) is 0. The van der Waals surface area contributed by atoms with Crippen LogP contribution in [0.3, 0.4) is 0 Å². The maximum absolute atomic E-state index is 9.31. The van der Waals surface area contributed by atoms with Gasteiger partial charge in [0.25, 0.3) is 0 Å². The maximum atomic E-state index is 9.31. The van der Waals surface area contributed by atoms with Gasteiger partial charge >= 0.3 is 0 Å². The van der Waals surface area contributed by atoms with Crippen molar-refractivity contribution in [2.45, 2.75) is 38.3 Å². The van der Waals surface area contributed by atoms with Crippen molar-refractivity contribution < 1.29 is 14.2 Å². The van der Waals surface area contributed by atoms with Crippen LogP contribution >= 0.6 is 0 Å². The molecule has 0 aliphatic carbocycles. The van der Waals surface area contributed by atoms with Gasteiger partial charge in [0, 0.05) is 32.2 Å². The van der Waals surface area contributed by atoms with E-state index in [0.717, 1.165) is 56.9 Å². The zero-order valence-corrected chi connectivity index (χ0v) is 21.5. The highest BCUT2D eigenvalue weighted by molar-refractivity contribution is 5.45. The van der Waals surface area contributed by atoms with Gasteiger partial charge in [-0.2, -0.15) is 10.5 Å². The number of benzene rings is 2. The molecule has 0 N–H and O–H groups in total. The summed E-state index contributed by atoms with van der Waals surface area (Å²) in [5, 5.41) is 18.5. The SMILES string of the molecule is COc1ccc(OC(CCCN2CC3CC(C2)CN(C(C)C#N)C3)c2ccc(C#N)cc2)cc1OC. The summed E-state index contributed by atoms with van der Waals surface area (Å²) in [7, 11) is 3.24. The maximum Gasteiger partial charge on any atom is 0.164 e. The van der Waals surface area contributed by atoms with Crippen molar-refractivity contribution in [3.63, 3.8) is 0 Å². The van der Waals surface area contributed by atoms with E-state index in [2.05, 4.69) is 21.9 Å². The van der Waals surface area contributed by atoms with E-state index in [-0.39, 0.29) is 12.1 Å². The third-order valence-electron chi connectivity index (χ3n) is 7.41. The number of nitriles is 2. The van der Waals surface area contributed by atoms with Crippen molar-refractivity contribution in [3.05, 3.63) is 53.6 Å². The molecule has 2 saturated heterocycles. The fourth-order valence-corrected chi connectivity index (χ4v) is 5.63. The summed E-state index contributed by atoms with van der Waals surface area (Å²) in [5.74, 6) is 3.31. The molecule has 4 rings (SSSR count). The van der Waals surface area contributed by atoms with Crippen LogP contribution in [-0.2, 0) is 0 Å². The van der Waals surface area contributed by atoms with E-state index in [1.165, 1.54) is 6.42 Å². The lowest BCUT2D eigenvalue weighted by Crippen LogP contribution is -2.54. The van der Waals surface area contributed by atoms with Crippen LogP contribution in [0.5, 0.6) is 17.2 Å². The highest BCUT2D eigenvalue weighted by Crippen LogP contribution is 2.35. The van der Waals surface area contributed by atoms with E-state index >= 15 is 0 Å². The smallest absolute Gasteiger partial charge is 0.164 e. The Morgan fingerprint density at radius 2 is 1.64 bits per heavy atom. The summed E-state index contributed by atoms with van der Waals surface area (Å²) in [6.07, 6.45) is 3.02. The Hall–Kier alpha value is -3.26. The fourth-order valence-electron chi connectivity index (χ4n) is 5.63. The number of fused-ring (bicyclic) bond motifs is 2. The molecule has 4 atom stereocenters. The Bertz CT molecular complexity index is 1080. The number of ether oxygens (including phenoxy) is 3. The van der Waals surface area contributed by atoms with E-state index in [0.29, 0.717) is 28.9 Å². The monoisotopic (exact) mass is 488 g/mol. The number of methoxy groups -OCH3 is 2. The summed E-state index contributed by atoms with van der Waals surface area (Å²) in [4.78, 5) is 4.95. The molecule has 2 aliphatic rings. The Kier molecular flexibility index (Phi) is 8.70. The number of hydrogen-bond acceptors (Lipinski definition) is 7. The third-order valence-corrected chi connectivity index (χ3v) is 7.41. The molecule has 2 bridgehead atoms. The summed E-state index contributed by atoms with van der Waals surface area (Å²) in [5.41, 5.74) is 1.70. The molecule has 2 aliphatic heterocycles. The molecule has 7 heteroatoms. The van der Waals surface area contributed by atoms with Crippen LogP contribution in [0.4, 0.5) is 0 Å². The van der Waals surface area contributed by atoms with E-state index in [1.54, 1.807) is 14.2 Å². The molecule has 2 aromatic rings. The Morgan fingerprint density at radius 1 is 0.944 bits per heavy atom. The van der Waals surface area contributed by atoms with Gasteiger partial charge in [-0.3, -0.25) is 4.90 Å². The van der Waals surface area contributed by atoms with Crippen LogP contribution in [-0.4, -0.2) is 62.8 Å². The van der Waals surface area contributed by atoms with Crippen LogP contribution in [0.1, 0.15) is 43.4 Å². The van der Waals surface area contributed by atoms with Crippen LogP contribution in [0, 0.1) is 34.5 Å². The second kappa shape index (κ2) is 12.1. The molecule has 4 unspecified atom stereocenters. The summed E-state index contributed by atoms with van der Waals surface area (Å²) in [6, 6.07) is 17.9. The van der Waals surface area contributed by atoms with E-state index in [1.807, 2.05) is 49.4 Å². The zero-order chi connectivity index (χ0) is 25.5. The van der Waals surface area contributed by atoms with Gasteiger partial charge in [0.15, 0.2) is 11.5 Å². The normalized spacial score (nSPS) is 21.6. The molecule has 7 nitrogen and oxygen atoms in total. The topological polar surface area (TPSA) is 81.8 Å². The quantitative estimate of drug-likeness (QED) is 0.482. The molecule has 0 amide bonds. The van der Waals surface area contributed by atoms with Crippen molar-refractivity contribution in [2.75, 3.05) is 46.9 Å². The van der Waals surface area contributed by atoms with Gasteiger partial charge in [-0.25, -0.2) is 0 Å². The second-order valence-electron chi connectivity index (χ2n) is 9.99. The third kappa shape index (κ3) is 6.29. The predicted molar refractivity (Wildman–Crippen MR) is 138 cm³/mol. The summed E-state index contributed by atoms with van der Waals surface area (Å²) in [6.45, 7) is 7.30. The molecule has 0 saturated carbocycles. The van der Waals surface area contributed by atoms with Gasteiger partial charge < -0.3 is 19.1 Å². The Labute approximate surface area is 214 Å². The lowest BCUT2D eigenvalue weighted by atomic mass is 9.84. The van der Waals surface area contributed by atoms with Gasteiger partial charge in [0.2, 0.25) is 0 Å². The lowest BCUT2D eigenvalue weighted by molar-refractivity contribution is 0.0218. The standard InChI is InChI=1S/C29H36N4O3/c1-21(15-30)33-19-23-13-24(20-33)18-32(17-23)12-4-5-27(25-8-6-22(16-31)7-9-25)36-26-10-11-28(34-2)29(14-26)35-3/h6-11,14,21,23-24,27H,4-5,12-13,17-20H2,1-3H3. The number of likely N-dealkylation sites (tertiary alicyclic amines) is 2. The summed E-state index contributed by atoms with van der Waals surface area (Å²) < 4.78 is 17.3. The average molecular weight is 489 g/mol. The van der Waals surface area contributed by atoms with Crippen LogP contribution in [0.25, 0.3) is 0 Å². The first-order valence-electron chi connectivity index (χ1n) is 12.8. The molecule has 2 aromatic carbocycles. The van der Waals surface area contributed by atoms with Gasteiger partial charge in [-0.1, -0.05) is 12.1 Å². The van der Waals surface area contributed by atoms with Gasteiger partial charge in [-0.15, -0.1) is 0 Å². The van der Waals surface area contributed by atoms with Crippen molar-refractivity contribution in [2.24, 2.45) is 11.8 Å². The minimum atomic E-state index is -0.132. The molecule has 0 aromatic heterocycles. The number of nitrogens with zero attached hydrogens (tertiary/aromatic N) is 4. The highest BCUT2D eigenvalue weighted by atomic mass is 16.5. The van der Waals surface area contributed by atoms with Crippen LogP contribution in [0.15, 0.2) is 42.5 Å². The number of piperidine rings is 2. The first-order chi connectivity index (χ1) is 17.5. The first-order valence-corrected chi connectivity index (χ1v) is 12.8. The van der Waals surface area contributed by atoms with E-state index < -0.39 is 0 Å². The molecular weight excluding hydrogens is 452 g/mol. The molecule has 190 valence electrons. The molecule has 2 heterocycles. The van der Waals surface area contributed by atoms with Gasteiger partial charge in [-0.05, 0) is 74.4 Å². The zero-order valence-electron chi connectivity index (χ0n) is 21.5. The fraction of sp³-hybridized carbons (Fsp3) is 0.517. The predicted octanol–water partition coefficient (Wildman–Crippen LogP) is 4.64. The highest BCUT2D eigenvalue weighted by Gasteiger charge is 2.35. The minimum Gasteiger partial charge on any atom is -0.493 e. The van der Waals surface area contributed by atoms with Crippen LogP contribution < -0.4 is 14.2 Å². The molecule has 36 heavy (non-hydrogen) atoms. The average Bonchev–Trinajstić information content (AvgIpc) is 2.91. The largest absolute Gasteiger partial charge is 0.493 e. The van der Waals surface area contributed by atoms with Crippen molar-refractivity contribution >= 4 is 0 Å². The van der Waals surface area contributed by atoms with Gasteiger partial charge in [0.1, 0.15) is 11.9 Å². The Balaban J connectivity index is 1.39. The second-order valence-corrected chi connectivity index (χ2v) is 9.99. The van der Waals surface area contributed by atoms with E-state index in [4.69, 9.17) is 14.2 Å². The van der Waals surface area contributed by atoms with Crippen molar-refractivity contribution in [1.82, 2.24) is 9.80 Å². The van der Waals surface area contributed by atoms with E-state index in [9.17, 15) is 10.5 Å². The number of rotatable bonds is 10. The van der Waals surface area contributed by atoms with Crippen molar-refractivity contribution in [1.29, 1.82) is 10.5 Å².